The molecule has 0 amide bonds. The lowest BCUT2D eigenvalue weighted by Gasteiger charge is -2.10. The van der Waals surface area contributed by atoms with E-state index in [2.05, 4.69) is 4.98 Å². The summed E-state index contributed by atoms with van der Waals surface area (Å²) in [5.41, 5.74) is 1.78. The first kappa shape index (κ1) is 15.9. The largest absolute Gasteiger partial charge is 0.493 e. The monoisotopic (exact) mass is 325 g/mol. The number of aromatic nitrogens is 1. The Balaban J connectivity index is 1.76. The Labute approximate surface area is 140 Å². The van der Waals surface area contributed by atoms with Crippen LogP contribution in [0.1, 0.15) is 23.9 Å². The van der Waals surface area contributed by atoms with E-state index >= 15 is 0 Å². The van der Waals surface area contributed by atoms with Crippen LogP contribution in [0.4, 0.5) is 0 Å². The van der Waals surface area contributed by atoms with Crippen molar-refractivity contribution in [3.05, 3.63) is 59.7 Å². The van der Waals surface area contributed by atoms with E-state index < -0.39 is 0 Å². The van der Waals surface area contributed by atoms with Crippen LogP contribution in [0.3, 0.4) is 0 Å². The predicted molar refractivity (Wildman–Crippen MR) is 91.0 cm³/mol. The van der Waals surface area contributed by atoms with Gasteiger partial charge in [0.2, 0.25) is 0 Å². The molecule has 0 saturated carbocycles. The summed E-state index contributed by atoms with van der Waals surface area (Å²) >= 11 is 0. The van der Waals surface area contributed by atoms with Gasteiger partial charge >= 0.3 is 0 Å². The number of hydrogen-bond donors (Lipinski definition) is 0. The molecule has 0 fully saturated rings. The van der Waals surface area contributed by atoms with Crippen molar-refractivity contribution in [3.8, 4) is 23.1 Å². The highest BCUT2D eigenvalue weighted by Gasteiger charge is 2.14. The lowest BCUT2D eigenvalue weighted by Crippen LogP contribution is -1.99. The second-order valence-electron chi connectivity index (χ2n) is 5.20. The lowest BCUT2D eigenvalue weighted by atomic mass is 10.2. The van der Waals surface area contributed by atoms with Gasteiger partial charge in [-0.3, -0.25) is 0 Å². The molecule has 0 saturated heterocycles. The normalized spacial score (nSPS) is 11.1. The third kappa shape index (κ3) is 3.35. The number of rotatable bonds is 6. The van der Waals surface area contributed by atoms with Gasteiger partial charge in [0.05, 0.1) is 13.4 Å². The van der Waals surface area contributed by atoms with Crippen LogP contribution in [0.5, 0.6) is 11.5 Å². The number of aryl methyl sites for hydroxylation is 1. The Bertz CT molecular complexity index is 831. The van der Waals surface area contributed by atoms with Crippen molar-refractivity contribution in [1.29, 1.82) is 0 Å². The predicted octanol–water partition coefficient (Wildman–Crippen LogP) is 4.86. The standard InChI is InChI=1S/C19H19NO4/c1-4-6-14-8-9-16(18(11-14)21-3)23-12-15-13(2)24-19(20-15)17-7-5-10-22-17/h4-11H,12H2,1-3H3/b6-4+. The van der Waals surface area contributed by atoms with E-state index in [-0.39, 0.29) is 6.61 Å². The number of hydrogen-bond acceptors (Lipinski definition) is 5. The molecule has 0 N–H and O–H groups in total. The fourth-order valence-corrected chi connectivity index (χ4v) is 2.31. The molecule has 1 aromatic carbocycles. The molecule has 0 unspecified atom stereocenters. The fraction of sp³-hybridized carbons (Fsp3) is 0.211. The molecule has 5 heteroatoms. The van der Waals surface area contributed by atoms with E-state index in [1.165, 1.54) is 0 Å². The van der Waals surface area contributed by atoms with Crippen LogP contribution in [-0.4, -0.2) is 12.1 Å². The Morgan fingerprint density at radius 1 is 1.21 bits per heavy atom. The fourth-order valence-electron chi connectivity index (χ4n) is 2.31. The number of ether oxygens (including phenoxy) is 2. The van der Waals surface area contributed by atoms with Crippen molar-refractivity contribution >= 4 is 6.08 Å². The van der Waals surface area contributed by atoms with E-state index in [1.54, 1.807) is 25.5 Å². The Morgan fingerprint density at radius 3 is 2.79 bits per heavy atom. The Hall–Kier alpha value is -2.95. The molecule has 2 aromatic heterocycles. The first-order chi connectivity index (χ1) is 11.7. The molecule has 0 aliphatic carbocycles. The van der Waals surface area contributed by atoms with E-state index in [9.17, 15) is 0 Å². The number of allylic oxidation sites excluding steroid dienone is 1. The number of methoxy groups -OCH3 is 1. The average Bonchev–Trinajstić information content (AvgIpc) is 3.23. The van der Waals surface area contributed by atoms with E-state index in [0.29, 0.717) is 28.9 Å². The molecule has 0 aliphatic rings. The molecule has 3 rings (SSSR count). The van der Waals surface area contributed by atoms with Crippen molar-refractivity contribution in [3.63, 3.8) is 0 Å². The first-order valence-corrected chi connectivity index (χ1v) is 7.65. The van der Waals surface area contributed by atoms with Crippen molar-refractivity contribution in [1.82, 2.24) is 4.98 Å². The van der Waals surface area contributed by atoms with E-state index in [0.717, 1.165) is 11.3 Å². The zero-order valence-electron chi connectivity index (χ0n) is 13.9. The van der Waals surface area contributed by atoms with Crippen LogP contribution in [0.2, 0.25) is 0 Å². The Morgan fingerprint density at radius 2 is 2.08 bits per heavy atom. The summed E-state index contributed by atoms with van der Waals surface area (Å²) in [5.74, 6) is 3.08. The summed E-state index contributed by atoms with van der Waals surface area (Å²) in [6.45, 7) is 4.11. The van der Waals surface area contributed by atoms with Crippen LogP contribution in [-0.2, 0) is 6.61 Å². The van der Waals surface area contributed by atoms with Gasteiger partial charge in [0.1, 0.15) is 18.1 Å². The first-order valence-electron chi connectivity index (χ1n) is 7.65. The van der Waals surface area contributed by atoms with Crippen LogP contribution in [0, 0.1) is 6.92 Å². The minimum Gasteiger partial charge on any atom is -0.493 e. The van der Waals surface area contributed by atoms with Gasteiger partial charge in [0.15, 0.2) is 17.3 Å². The number of furan rings is 1. The molecule has 2 heterocycles. The van der Waals surface area contributed by atoms with Crippen molar-refractivity contribution in [2.75, 3.05) is 7.11 Å². The second kappa shape index (κ2) is 7.08. The van der Waals surface area contributed by atoms with Gasteiger partial charge in [-0.05, 0) is 43.7 Å². The maximum Gasteiger partial charge on any atom is 0.263 e. The van der Waals surface area contributed by atoms with Crippen LogP contribution in [0.15, 0.2) is 51.5 Å². The molecule has 0 atom stereocenters. The molecule has 0 bridgehead atoms. The molecule has 0 aliphatic heterocycles. The summed E-state index contributed by atoms with van der Waals surface area (Å²) in [5, 5.41) is 0. The molecule has 24 heavy (non-hydrogen) atoms. The van der Waals surface area contributed by atoms with Gasteiger partial charge in [-0.15, -0.1) is 0 Å². The highest BCUT2D eigenvalue weighted by atomic mass is 16.5. The summed E-state index contributed by atoms with van der Waals surface area (Å²) < 4.78 is 22.2. The van der Waals surface area contributed by atoms with Crippen molar-refractivity contribution in [2.45, 2.75) is 20.5 Å². The maximum absolute atomic E-state index is 5.86. The highest BCUT2D eigenvalue weighted by molar-refractivity contribution is 5.55. The van der Waals surface area contributed by atoms with Gasteiger partial charge in [-0.2, -0.15) is 0 Å². The zero-order valence-corrected chi connectivity index (χ0v) is 13.9. The summed E-state index contributed by atoms with van der Waals surface area (Å²) in [4.78, 5) is 4.43. The second-order valence-corrected chi connectivity index (χ2v) is 5.20. The summed E-state index contributed by atoms with van der Waals surface area (Å²) in [6, 6.07) is 9.39. The summed E-state index contributed by atoms with van der Waals surface area (Å²) in [7, 11) is 1.62. The topological polar surface area (TPSA) is 57.6 Å². The molecule has 5 nitrogen and oxygen atoms in total. The van der Waals surface area contributed by atoms with Gasteiger partial charge < -0.3 is 18.3 Å². The molecular formula is C19H19NO4. The molecule has 124 valence electrons. The average molecular weight is 325 g/mol. The third-order valence-electron chi connectivity index (χ3n) is 3.54. The molecule has 0 radical (unpaired) electrons. The van der Waals surface area contributed by atoms with Crippen LogP contribution in [0.25, 0.3) is 17.7 Å². The van der Waals surface area contributed by atoms with Gasteiger partial charge in [-0.1, -0.05) is 18.2 Å². The number of benzene rings is 1. The maximum atomic E-state index is 5.86. The SMILES string of the molecule is C/C=C/c1ccc(OCc2nc(-c3ccco3)oc2C)c(OC)c1. The van der Waals surface area contributed by atoms with Crippen LogP contribution < -0.4 is 9.47 Å². The summed E-state index contributed by atoms with van der Waals surface area (Å²) in [6.07, 6.45) is 5.57. The van der Waals surface area contributed by atoms with Crippen molar-refractivity contribution < 1.29 is 18.3 Å². The van der Waals surface area contributed by atoms with Gasteiger partial charge in [0, 0.05) is 0 Å². The Kier molecular flexibility index (Phi) is 4.70. The quantitative estimate of drug-likeness (QED) is 0.647. The van der Waals surface area contributed by atoms with E-state index in [1.807, 2.05) is 44.2 Å². The third-order valence-corrected chi connectivity index (χ3v) is 3.54. The molecule has 0 spiro atoms. The lowest BCUT2D eigenvalue weighted by molar-refractivity contribution is 0.279. The van der Waals surface area contributed by atoms with Gasteiger partial charge in [-0.25, -0.2) is 4.98 Å². The highest BCUT2D eigenvalue weighted by Crippen LogP contribution is 2.30. The van der Waals surface area contributed by atoms with Crippen LogP contribution >= 0.6 is 0 Å². The number of oxazole rings is 1. The smallest absolute Gasteiger partial charge is 0.263 e. The van der Waals surface area contributed by atoms with Gasteiger partial charge in [0.25, 0.3) is 5.89 Å². The minimum atomic E-state index is 0.287. The van der Waals surface area contributed by atoms with Crippen molar-refractivity contribution in [2.24, 2.45) is 0 Å². The number of nitrogens with zero attached hydrogens (tertiary/aromatic N) is 1. The minimum absolute atomic E-state index is 0.287. The zero-order chi connectivity index (χ0) is 16.9. The van der Waals surface area contributed by atoms with E-state index in [4.69, 9.17) is 18.3 Å². The molecular weight excluding hydrogens is 306 g/mol. The molecule has 3 aromatic rings.